The van der Waals surface area contributed by atoms with Crippen LogP contribution in [0.15, 0.2) is 48.7 Å². The van der Waals surface area contributed by atoms with Crippen LogP contribution in [0.4, 0.5) is 4.79 Å². The normalized spacial score (nSPS) is 14.6. The number of carboxylic acids is 2. The highest BCUT2D eigenvalue weighted by Crippen LogP contribution is 2.31. The topological polar surface area (TPSA) is 285 Å². The number of urea groups is 1. The Kier molecular flexibility index (Phi) is 21.0. The second-order valence-electron chi connectivity index (χ2n) is 17.5. The molecule has 18 nitrogen and oxygen atoms in total. The first-order valence-corrected chi connectivity index (χ1v) is 22.5. The molecule has 358 valence electrons. The fraction of sp³-hybridized carbons (Fsp3) is 0.543. The van der Waals surface area contributed by atoms with E-state index in [-0.39, 0.29) is 54.7 Å². The molecule has 2 aromatic carbocycles. The smallest absolute Gasteiger partial charge is 0.326 e. The van der Waals surface area contributed by atoms with E-state index in [1.54, 1.807) is 50.4 Å². The van der Waals surface area contributed by atoms with Gasteiger partial charge in [-0.25, -0.2) is 14.4 Å². The number of nitrogens with two attached hydrogens (primary N) is 1. The highest BCUT2D eigenvalue weighted by molar-refractivity contribution is 6.32. The SMILES string of the molecule is CCC(C)[C@@H](NC(=O)N[C@@H](CCCCN)C(=O)N[C@@H](CC(C)C)C(=O)N[C@@H](CC(C)C)C(=O)N(C)[C@@H](Cc1c[nH]c2cc(Cl)c(O)cc12)C(=O)N[C@@H](Cc1ccccc1)C(=O)O)C(=O)O. The van der Waals surface area contributed by atoms with E-state index in [2.05, 4.69) is 31.6 Å². The van der Waals surface area contributed by atoms with Gasteiger partial charge in [-0.3, -0.25) is 19.2 Å². The molecule has 0 aliphatic carbocycles. The number of hydrogen-bond acceptors (Lipinski definition) is 9. The minimum absolute atomic E-state index is 0.0459. The van der Waals surface area contributed by atoms with E-state index in [1.165, 1.54) is 19.2 Å². The molecule has 0 fully saturated rings. The number of aromatic hydroxyl groups is 1. The minimum atomic E-state index is -1.37. The van der Waals surface area contributed by atoms with Gasteiger partial charge >= 0.3 is 18.0 Å². The van der Waals surface area contributed by atoms with Crippen molar-refractivity contribution < 1.29 is 48.9 Å². The zero-order valence-corrected chi connectivity index (χ0v) is 39.0. The molecule has 0 radical (unpaired) electrons. The third kappa shape index (κ3) is 16.3. The molecular weight excluding hydrogens is 860 g/mol. The molecule has 11 N–H and O–H groups in total. The second kappa shape index (κ2) is 25.6. The number of phenols is 1. The number of carbonyl (C=O) groups is 7. The van der Waals surface area contributed by atoms with Crippen LogP contribution in [0.1, 0.15) is 91.2 Å². The van der Waals surface area contributed by atoms with Gasteiger partial charge in [-0.1, -0.05) is 89.9 Å². The number of unbranched alkanes of at least 4 members (excludes halogenated alkanes) is 1. The predicted molar refractivity (Wildman–Crippen MR) is 247 cm³/mol. The standard InChI is InChI=1S/C46H67ClN8O10/c1-8-27(6)39(45(63)64)54-46(65)53-32(16-12-13-17-48)40(57)50-34(18-25(2)3)41(58)51-35(19-26(4)5)43(60)55(7)37(21-29-24-49-33-23-31(47)38(56)22-30(29)33)42(59)52-36(44(61)62)20-28-14-10-9-11-15-28/h9-11,14-15,22-27,32,34-37,39,49,56H,8,12-13,16-21,48H2,1-7H3,(H,50,57)(H,51,58)(H,52,59)(H,61,62)(H,63,64)(H2,53,54,65)/t27?,32-,34-,35-,36-,37-,39+/m0/s1. The maximum Gasteiger partial charge on any atom is 0.326 e. The largest absolute Gasteiger partial charge is 0.506 e. The first-order chi connectivity index (χ1) is 30.7. The second-order valence-corrected chi connectivity index (χ2v) is 17.9. The fourth-order valence-corrected chi connectivity index (χ4v) is 7.58. The zero-order valence-electron chi connectivity index (χ0n) is 38.3. The lowest BCUT2D eigenvalue weighted by molar-refractivity contribution is -0.145. The van der Waals surface area contributed by atoms with E-state index in [0.717, 1.165) is 4.90 Å². The van der Waals surface area contributed by atoms with Crippen molar-refractivity contribution in [2.24, 2.45) is 23.5 Å². The fourth-order valence-electron chi connectivity index (χ4n) is 7.42. The van der Waals surface area contributed by atoms with Crippen LogP contribution in [-0.4, -0.2) is 117 Å². The molecule has 1 unspecified atom stereocenters. The van der Waals surface area contributed by atoms with E-state index in [4.69, 9.17) is 17.3 Å². The number of nitrogens with zero attached hydrogens (tertiary/aromatic N) is 1. The summed E-state index contributed by atoms with van der Waals surface area (Å²) in [5.74, 6) is -6.30. The number of aliphatic carboxylic acids is 2. The Labute approximate surface area is 385 Å². The Morgan fingerprint density at radius 3 is 1.94 bits per heavy atom. The predicted octanol–water partition coefficient (Wildman–Crippen LogP) is 4.07. The van der Waals surface area contributed by atoms with Gasteiger partial charge in [0.15, 0.2) is 0 Å². The van der Waals surface area contributed by atoms with Crippen LogP contribution >= 0.6 is 11.6 Å². The molecule has 0 spiro atoms. The van der Waals surface area contributed by atoms with Crippen molar-refractivity contribution in [3.63, 3.8) is 0 Å². The molecule has 0 saturated carbocycles. The quantitative estimate of drug-likeness (QED) is 0.0513. The molecule has 7 atom stereocenters. The van der Waals surface area contributed by atoms with Crippen LogP contribution in [-0.2, 0) is 41.6 Å². The number of hydrogen-bond donors (Lipinski definition) is 10. The summed E-state index contributed by atoms with van der Waals surface area (Å²) < 4.78 is 0. The number of aromatic nitrogens is 1. The van der Waals surface area contributed by atoms with Gasteiger partial charge in [-0.15, -0.1) is 0 Å². The molecule has 65 heavy (non-hydrogen) atoms. The zero-order chi connectivity index (χ0) is 48.5. The van der Waals surface area contributed by atoms with Gasteiger partial charge in [0.05, 0.1) is 5.02 Å². The first-order valence-electron chi connectivity index (χ1n) is 22.1. The lowest BCUT2D eigenvalue weighted by atomic mass is 9.97. The molecule has 3 aromatic rings. The van der Waals surface area contributed by atoms with Gasteiger partial charge in [0.25, 0.3) is 0 Å². The van der Waals surface area contributed by atoms with Crippen molar-refractivity contribution in [1.82, 2.24) is 36.5 Å². The molecule has 0 aliphatic rings. The lowest BCUT2D eigenvalue weighted by Gasteiger charge is -2.33. The molecule has 3 rings (SSSR count). The first kappa shape index (κ1) is 53.5. The average Bonchev–Trinajstić information content (AvgIpc) is 3.62. The Bertz CT molecular complexity index is 2100. The third-order valence-electron chi connectivity index (χ3n) is 11.3. The molecule has 0 bridgehead atoms. The summed E-state index contributed by atoms with van der Waals surface area (Å²) in [5, 5.41) is 44.1. The highest BCUT2D eigenvalue weighted by Gasteiger charge is 2.37. The monoisotopic (exact) mass is 926 g/mol. The Morgan fingerprint density at radius 2 is 1.35 bits per heavy atom. The number of aromatic amines is 1. The van der Waals surface area contributed by atoms with Crippen LogP contribution in [0, 0.1) is 17.8 Å². The van der Waals surface area contributed by atoms with Crippen molar-refractivity contribution in [1.29, 1.82) is 0 Å². The summed E-state index contributed by atoms with van der Waals surface area (Å²) >= 11 is 6.15. The van der Waals surface area contributed by atoms with Crippen LogP contribution in [0.5, 0.6) is 5.75 Å². The summed E-state index contributed by atoms with van der Waals surface area (Å²) in [6.07, 6.45) is 3.22. The molecule has 1 heterocycles. The number of nitrogens with one attached hydrogen (secondary N) is 6. The van der Waals surface area contributed by atoms with E-state index in [0.29, 0.717) is 47.8 Å². The molecule has 6 amide bonds. The van der Waals surface area contributed by atoms with Gasteiger partial charge < -0.3 is 57.5 Å². The number of phenolic OH excluding ortho intramolecular Hbond substituents is 1. The summed E-state index contributed by atoms with van der Waals surface area (Å²) in [4.78, 5) is 98.9. The van der Waals surface area contributed by atoms with Crippen molar-refractivity contribution in [2.75, 3.05) is 13.6 Å². The van der Waals surface area contributed by atoms with E-state index in [9.17, 15) is 48.9 Å². The Balaban J connectivity index is 1.96. The summed E-state index contributed by atoms with van der Waals surface area (Å²) in [6.45, 7) is 11.2. The average molecular weight is 928 g/mol. The number of benzene rings is 2. The number of carbonyl (C=O) groups excluding carboxylic acids is 5. The Hall–Kier alpha value is -5.88. The molecule has 1 aromatic heterocycles. The molecule has 0 aliphatic heterocycles. The highest BCUT2D eigenvalue weighted by atomic mass is 35.5. The van der Waals surface area contributed by atoms with Crippen molar-refractivity contribution in [3.8, 4) is 5.75 Å². The number of carboxylic acid groups (broad SMARTS) is 2. The van der Waals surface area contributed by atoms with Gasteiger partial charge in [0.2, 0.25) is 23.6 Å². The van der Waals surface area contributed by atoms with Crippen LogP contribution in [0.2, 0.25) is 5.02 Å². The van der Waals surface area contributed by atoms with Gasteiger partial charge in [0.1, 0.15) is 42.0 Å². The number of halogens is 1. The van der Waals surface area contributed by atoms with Gasteiger partial charge in [-0.05, 0) is 79.7 Å². The molecule has 0 saturated heterocycles. The van der Waals surface area contributed by atoms with Gasteiger partial charge in [-0.2, -0.15) is 0 Å². The van der Waals surface area contributed by atoms with Gasteiger partial charge in [0, 0.05) is 37.0 Å². The summed E-state index contributed by atoms with van der Waals surface area (Å²) in [7, 11) is 1.38. The lowest BCUT2D eigenvalue weighted by Crippen LogP contribution is -2.60. The maximum atomic E-state index is 14.7. The molecule has 19 heteroatoms. The Morgan fingerprint density at radius 1 is 0.754 bits per heavy atom. The number of fused-ring (bicyclic) bond motifs is 1. The minimum Gasteiger partial charge on any atom is -0.506 e. The van der Waals surface area contributed by atoms with Crippen molar-refractivity contribution >= 4 is 64.1 Å². The van der Waals surface area contributed by atoms with Crippen LogP contribution in [0.3, 0.4) is 0 Å². The van der Waals surface area contributed by atoms with Crippen molar-refractivity contribution in [2.45, 2.75) is 129 Å². The van der Waals surface area contributed by atoms with Crippen LogP contribution in [0.25, 0.3) is 10.9 Å². The van der Waals surface area contributed by atoms with Crippen molar-refractivity contribution in [3.05, 3.63) is 64.8 Å². The number of H-pyrrole nitrogens is 1. The molecular formula is C46H67ClN8O10. The number of rotatable bonds is 26. The summed E-state index contributed by atoms with van der Waals surface area (Å²) in [6, 6.07) is 3.28. The van der Waals surface area contributed by atoms with E-state index >= 15 is 0 Å². The van der Waals surface area contributed by atoms with Crippen LogP contribution < -0.4 is 32.3 Å². The third-order valence-corrected chi connectivity index (χ3v) is 11.6. The summed E-state index contributed by atoms with van der Waals surface area (Å²) in [5.41, 5.74) is 7.40. The van der Waals surface area contributed by atoms with E-state index < -0.39 is 83.8 Å². The number of likely N-dealkylation sites (N-methyl/N-ethyl adjacent to an activating group) is 1. The maximum absolute atomic E-state index is 14.7. The van der Waals surface area contributed by atoms with E-state index in [1.807, 2.05) is 27.7 Å². The number of amides is 6.